The van der Waals surface area contributed by atoms with Crippen LogP contribution in [0.1, 0.15) is 28.3 Å². The molecule has 52 heavy (non-hydrogen) atoms. The molecule has 0 saturated heterocycles. The fourth-order valence-electron chi connectivity index (χ4n) is 4.83. The second-order valence-corrected chi connectivity index (χ2v) is 11.1. The summed E-state index contributed by atoms with van der Waals surface area (Å²) in [5.41, 5.74) is 3.55. The summed E-state index contributed by atoms with van der Waals surface area (Å²) in [6.07, 6.45) is 4.78. The Hall–Kier alpha value is -6.75. The van der Waals surface area contributed by atoms with Gasteiger partial charge in [-0.2, -0.15) is 9.97 Å². The SMILES string of the molecule is C=CC(=O)OCCOc1cccc(Cc2nc(Cc3cccc(OCCOC(=O)C=C)c3)nc(Nc3cccc(Oc4ccc(C=C)cc4)c3)n2)c1. The molecule has 5 aromatic rings. The molecule has 0 unspecified atom stereocenters. The number of esters is 2. The zero-order chi connectivity index (χ0) is 36.5. The van der Waals surface area contributed by atoms with Crippen molar-refractivity contribution in [3.63, 3.8) is 0 Å². The average molecular weight is 699 g/mol. The Morgan fingerprint density at radius 2 is 1.13 bits per heavy atom. The fraction of sp³-hybridized carbons (Fsp3) is 0.146. The van der Waals surface area contributed by atoms with Crippen molar-refractivity contribution in [3.8, 4) is 23.0 Å². The molecule has 0 fully saturated rings. The topological polar surface area (TPSA) is 131 Å². The molecule has 0 bridgehead atoms. The van der Waals surface area contributed by atoms with Crippen LogP contribution in [0.25, 0.3) is 6.08 Å². The summed E-state index contributed by atoms with van der Waals surface area (Å²) in [7, 11) is 0. The van der Waals surface area contributed by atoms with Crippen molar-refractivity contribution in [2.75, 3.05) is 31.7 Å². The number of benzene rings is 4. The van der Waals surface area contributed by atoms with Gasteiger partial charge in [-0.05, 0) is 65.2 Å². The molecule has 11 heteroatoms. The van der Waals surface area contributed by atoms with Gasteiger partial charge in [0.15, 0.2) is 0 Å². The minimum Gasteiger partial charge on any atom is -0.490 e. The number of rotatable bonds is 19. The molecule has 0 aliphatic rings. The molecule has 0 amide bonds. The summed E-state index contributed by atoms with van der Waals surface area (Å²) >= 11 is 0. The van der Waals surface area contributed by atoms with E-state index in [1.807, 2.05) is 97.1 Å². The van der Waals surface area contributed by atoms with Crippen LogP contribution in [0.4, 0.5) is 11.6 Å². The quantitative estimate of drug-likeness (QED) is 0.0524. The highest BCUT2D eigenvalue weighted by Gasteiger charge is 2.12. The van der Waals surface area contributed by atoms with Gasteiger partial charge in [0.1, 0.15) is 61.1 Å². The van der Waals surface area contributed by atoms with Gasteiger partial charge in [-0.1, -0.05) is 68.3 Å². The first kappa shape index (κ1) is 36.5. The number of anilines is 2. The van der Waals surface area contributed by atoms with Crippen molar-refractivity contribution in [1.29, 1.82) is 0 Å². The smallest absolute Gasteiger partial charge is 0.330 e. The summed E-state index contributed by atoms with van der Waals surface area (Å²) in [4.78, 5) is 37.0. The maximum absolute atomic E-state index is 11.3. The number of hydrogen-bond acceptors (Lipinski definition) is 11. The molecule has 0 atom stereocenters. The Bertz CT molecular complexity index is 1920. The Balaban J connectivity index is 1.34. The van der Waals surface area contributed by atoms with Crippen LogP contribution < -0.4 is 19.5 Å². The summed E-state index contributed by atoms with van der Waals surface area (Å²) < 4.78 is 27.6. The second kappa shape index (κ2) is 18.9. The van der Waals surface area contributed by atoms with E-state index in [-0.39, 0.29) is 26.4 Å². The van der Waals surface area contributed by atoms with Crippen LogP contribution in [0.5, 0.6) is 23.0 Å². The molecular formula is C41H38N4O7. The van der Waals surface area contributed by atoms with Crippen LogP contribution in [0.2, 0.25) is 0 Å². The summed E-state index contributed by atoms with van der Waals surface area (Å²) in [5, 5.41) is 3.32. The molecule has 1 N–H and O–H groups in total. The van der Waals surface area contributed by atoms with Gasteiger partial charge in [-0.25, -0.2) is 14.6 Å². The zero-order valence-electron chi connectivity index (χ0n) is 28.5. The second-order valence-electron chi connectivity index (χ2n) is 11.1. The Morgan fingerprint density at radius 1 is 0.596 bits per heavy atom. The Kier molecular flexibility index (Phi) is 13.2. The number of nitrogens with zero attached hydrogens (tertiary/aromatic N) is 3. The van der Waals surface area contributed by atoms with E-state index in [1.165, 1.54) is 0 Å². The number of ether oxygens (including phenoxy) is 5. The standard InChI is InChI=1S/C41H38N4O7/c1-4-29-16-18-33(19-17-29)52-36-15-9-12-32(28-36)42-41-44-37(26-30-10-7-13-34(24-30)48-20-22-50-39(46)5-2)43-38(45-41)27-31-11-8-14-35(25-31)49-21-23-51-40(47)6-3/h4-19,24-25,28H,1-3,20-23,26-27H2,(H,42,43,44,45). The normalized spacial score (nSPS) is 10.4. The van der Waals surface area contributed by atoms with E-state index >= 15 is 0 Å². The monoisotopic (exact) mass is 698 g/mol. The van der Waals surface area contributed by atoms with Crippen molar-refractivity contribution in [3.05, 3.63) is 157 Å². The minimum absolute atomic E-state index is 0.101. The van der Waals surface area contributed by atoms with Gasteiger partial charge in [-0.15, -0.1) is 0 Å². The van der Waals surface area contributed by atoms with E-state index in [0.717, 1.165) is 34.5 Å². The highest BCUT2D eigenvalue weighted by Crippen LogP contribution is 2.26. The van der Waals surface area contributed by atoms with Crippen LogP contribution in [0.3, 0.4) is 0 Å². The van der Waals surface area contributed by atoms with E-state index in [1.54, 1.807) is 6.08 Å². The lowest BCUT2D eigenvalue weighted by Gasteiger charge is -2.12. The van der Waals surface area contributed by atoms with Crippen LogP contribution in [0.15, 0.2) is 129 Å². The number of carbonyl (C=O) groups is 2. The lowest BCUT2D eigenvalue weighted by Crippen LogP contribution is -2.11. The van der Waals surface area contributed by atoms with E-state index in [9.17, 15) is 9.59 Å². The first-order valence-electron chi connectivity index (χ1n) is 16.4. The maximum Gasteiger partial charge on any atom is 0.330 e. The largest absolute Gasteiger partial charge is 0.490 e. The highest BCUT2D eigenvalue weighted by molar-refractivity contribution is 5.81. The number of aromatic nitrogens is 3. The Labute approximate surface area is 302 Å². The van der Waals surface area contributed by atoms with Gasteiger partial charge in [0.05, 0.1) is 0 Å². The molecule has 1 aromatic heterocycles. The number of carbonyl (C=O) groups excluding carboxylic acids is 2. The first-order chi connectivity index (χ1) is 25.4. The molecule has 0 aliphatic carbocycles. The predicted molar refractivity (Wildman–Crippen MR) is 198 cm³/mol. The van der Waals surface area contributed by atoms with Gasteiger partial charge in [0.25, 0.3) is 0 Å². The zero-order valence-corrected chi connectivity index (χ0v) is 28.5. The van der Waals surface area contributed by atoms with Crippen LogP contribution >= 0.6 is 0 Å². The molecule has 11 nitrogen and oxygen atoms in total. The van der Waals surface area contributed by atoms with Crippen LogP contribution in [0, 0.1) is 0 Å². The summed E-state index contributed by atoms with van der Waals surface area (Å²) in [6.45, 7) is 11.2. The molecule has 0 saturated carbocycles. The predicted octanol–water partition coefficient (Wildman–Crippen LogP) is 7.45. The van der Waals surface area contributed by atoms with Crippen molar-refractivity contribution < 1.29 is 33.3 Å². The fourth-order valence-corrected chi connectivity index (χ4v) is 4.83. The molecular weight excluding hydrogens is 660 g/mol. The van der Waals surface area contributed by atoms with Gasteiger partial charge < -0.3 is 29.0 Å². The van der Waals surface area contributed by atoms with E-state index in [4.69, 9.17) is 38.6 Å². The van der Waals surface area contributed by atoms with E-state index in [2.05, 4.69) is 25.1 Å². The van der Waals surface area contributed by atoms with Crippen LogP contribution in [-0.2, 0) is 31.9 Å². The molecule has 1 heterocycles. The lowest BCUT2D eigenvalue weighted by atomic mass is 10.1. The first-order valence-corrected chi connectivity index (χ1v) is 16.4. The van der Waals surface area contributed by atoms with Gasteiger partial charge >= 0.3 is 11.9 Å². The molecule has 0 aliphatic heterocycles. The maximum atomic E-state index is 11.3. The molecule has 0 spiro atoms. The van der Waals surface area contributed by atoms with Crippen molar-refractivity contribution in [2.24, 2.45) is 0 Å². The van der Waals surface area contributed by atoms with Gasteiger partial charge in [0.2, 0.25) is 5.95 Å². The van der Waals surface area contributed by atoms with E-state index in [0.29, 0.717) is 53.4 Å². The van der Waals surface area contributed by atoms with Crippen molar-refractivity contribution in [1.82, 2.24) is 15.0 Å². The van der Waals surface area contributed by atoms with Crippen LogP contribution in [-0.4, -0.2) is 53.3 Å². The third-order valence-corrected chi connectivity index (χ3v) is 7.22. The number of hydrogen-bond donors (Lipinski definition) is 1. The summed E-state index contributed by atoms with van der Waals surface area (Å²) in [5.74, 6) is 3.00. The third kappa shape index (κ3) is 11.7. The lowest BCUT2D eigenvalue weighted by molar-refractivity contribution is -0.139. The summed E-state index contributed by atoms with van der Waals surface area (Å²) in [6, 6.07) is 30.3. The highest BCUT2D eigenvalue weighted by atomic mass is 16.6. The Morgan fingerprint density at radius 3 is 1.67 bits per heavy atom. The molecule has 0 radical (unpaired) electrons. The average Bonchev–Trinajstić information content (AvgIpc) is 3.15. The minimum atomic E-state index is -0.504. The van der Waals surface area contributed by atoms with Gasteiger partial charge in [0, 0.05) is 36.7 Å². The van der Waals surface area contributed by atoms with Crippen molar-refractivity contribution >= 4 is 29.7 Å². The van der Waals surface area contributed by atoms with E-state index < -0.39 is 11.9 Å². The third-order valence-electron chi connectivity index (χ3n) is 7.22. The molecule has 5 rings (SSSR count). The van der Waals surface area contributed by atoms with Crippen molar-refractivity contribution in [2.45, 2.75) is 12.8 Å². The van der Waals surface area contributed by atoms with Gasteiger partial charge in [-0.3, -0.25) is 0 Å². The number of nitrogens with one attached hydrogen (secondary N) is 1. The molecule has 264 valence electrons. The molecule has 4 aromatic carbocycles.